The summed E-state index contributed by atoms with van der Waals surface area (Å²) in [5.74, 6) is 0.836. The molecule has 2 aromatic rings. The first-order valence-corrected chi connectivity index (χ1v) is 6.75. The Balaban J connectivity index is 2.03. The van der Waals surface area contributed by atoms with Crippen LogP contribution in [0.5, 0.6) is 0 Å². The molecule has 0 atom stereocenters. The molecule has 2 nitrogen and oxygen atoms in total. The van der Waals surface area contributed by atoms with E-state index in [0.717, 1.165) is 22.9 Å². The summed E-state index contributed by atoms with van der Waals surface area (Å²) in [5, 5.41) is 7.36. The molecule has 0 amide bonds. The average Bonchev–Trinajstić information content (AvgIpc) is 2.67. The molecule has 1 N–H and O–H groups in total. The average molecular weight is 262 g/mol. The molecule has 0 saturated carbocycles. The van der Waals surface area contributed by atoms with Crippen LogP contribution in [0.1, 0.15) is 16.8 Å². The van der Waals surface area contributed by atoms with Crippen LogP contribution in [0.2, 0.25) is 0 Å². The number of hydrogen-bond donors (Lipinski definition) is 1. The molecule has 4 heteroatoms. The molecule has 2 heterocycles. The van der Waals surface area contributed by atoms with E-state index in [4.69, 9.17) is 12.2 Å². The number of hydrogen-bond acceptors (Lipinski definition) is 3. The van der Waals surface area contributed by atoms with Crippen LogP contribution in [0.3, 0.4) is 0 Å². The maximum absolute atomic E-state index is 5.32. The van der Waals surface area contributed by atoms with Gasteiger partial charge in [0.15, 0.2) is 0 Å². The molecule has 0 saturated heterocycles. The maximum atomic E-state index is 5.32. The van der Waals surface area contributed by atoms with Gasteiger partial charge in [0, 0.05) is 12.1 Å². The van der Waals surface area contributed by atoms with Gasteiger partial charge in [0.25, 0.3) is 0 Å². The molecule has 0 unspecified atom stereocenters. The van der Waals surface area contributed by atoms with Crippen molar-refractivity contribution in [3.8, 4) is 0 Å². The zero-order valence-corrected chi connectivity index (χ0v) is 11.5. The predicted octanol–water partition coefficient (Wildman–Crippen LogP) is 3.74. The van der Waals surface area contributed by atoms with E-state index in [9.17, 15) is 0 Å². The molecule has 0 radical (unpaired) electrons. The van der Waals surface area contributed by atoms with Crippen molar-refractivity contribution in [3.05, 3.63) is 45.8 Å². The van der Waals surface area contributed by atoms with Crippen molar-refractivity contribution < 1.29 is 0 Å². The van der Waals surface area contributed by atoms with Crippen molar-refractivity contribution in [2.24, 2.45) is 0 Å². The molecule has 0 aliphatic rings. The standard InChI is InChI=1S/C13H14N2S2/c1-9-5-10(2)14-12(6-9)15-13(16)7-11-3-4-17-8-11/h3-6,8H,7H2,1-2H3,(H,14,15,16). The zero-order valence-electron chi connectivity index (χ0n) is 9.86. The Hall–Kier alpha value is -1.26. The summed E-state index contributed by atoms with van der Waals surface area (Å²) in [6.07, 6.45) is 0.771. The number of nitrogens with one attached hydrogen (secondary N) is 1. The van der Waals surface area contributed by atoms with E-state index >= 15 is 0 Å². The second kappa shape index (κ2) is 5.38. The molecule has 17 heavy (non-hydrogen) atoms. The molecule has 0 aliphatic carbocycles. The minimum atomic E-state index is 0.771. The van der Waals surface area contributed by atoms with Gasteiger partial charge in [0.1, 0.15) is 5.82 Å². The molecule has 2 rings (SSSR count). The SMILES string of the molecule is Cc1cc(C)nc(NC(=S)Cc2ccsc2)c1. The lowest BCUT2D eigenvalue weighted by molar-refractivity contribution is 1.18. The van der Waals surface area contributed by atoms with Crippen molar-refractivity contribution >= 4 is 34.4 Å². The monoisotopic (exact) mass is 262 g/mol. The largest absolute Gasteiger partial charge is 0.334 e. The lowest BCUT2D eigenvalue weighted by atomic mass is 10.2. The first-order valence-electron chi connectivity index (χ1n) is 5.40. The fourth-order valence-corrected chi connectivity index (χ4v) is 2.61. The highest BCUT2D eigenvalue weighted by Gasteiger charge is 2.02. The third kappa shape index (κ3) is 3.61. The van der Waals surface area contributed by atoms with Crippen LogP contribution in [0.15, 0.2) is 29.0 Å². The number of nitrogens with zero attached hydrogens (tertiary/aromatic N) is 1. The fraction of sp³-hybridized carbons (Fsp3) is 0.231. The van der Waals surface area contributed by atoms with Gasteiger partial charge in [-0.1, -0.05) is 12.2 Å². The Kier molecular flexibility index (Phi) is 3.86. The normalized spacial score (nSPS) is 10.2. The summed E-state index contributed by atoms with van der Waals surface area (Å²) in [6.45, 7) is 4.04. The summed E-state index contributed by atoms with van der Waals surface area (Å²) in [4.78, 5) is 5.21. The third-order valence-corrected chi connectivity index (χ3v) is 3.29. The number of aromatic nitrogens is 1. The molecular formula is C13H14N2S2. The van der Waals surface area contributed by atoms with Gasteiger partial charge in [-0.2, -0.15) is 11.3 Å². The van der Waals surface area contributed by atoms with Gasteiger partial charge in [0.2, 0.25) is 0 Å². The van der Waals surface area contributed by atoms with Gasteiger partial charge >= 0.3 is 0 Å². The summed E-state index contributed by atoms with van der Waals surface area (Å²) in [7, 11) is 0. The van der Waals surface area contributed by atoms with Crippen LogP contribution in [-0.4, -0.2) is 9.97 Å². The van der Waals surface area contributed by atoms with Crippen LogP contribution in [0.25, 0.3) is 0 Å². The van der Waals surface area contributed by atoms with E-state index in [1.165, 1.54) is 11.1 Å². The zero-order chi connectivity index (χ0) is 12.3. The van der Waals surface area contributed by atoms with Gasteiger partial charge in [0.05, 0.1) is 4.99 Å². The predicted molar refractivity (Wildman–Crippen MR) is 78.0 cm³/mol. The lowest BCUT2D eigenvalue weighted by Gasteiger charge is -2.08. The van der Waals surface area contributed by atoms with Gasteiger partial charge in [-0.15, -0.1) is 0 Å². The second-order valence-corrected chi connectivity index (χ2v) is 5.30. The van der Waals surface area contributed by atoms with Crippen molar-refractivity contribution in [2.75, 3.05) is 5.32 Å². The number of rotatable bonds is 3. The van der Waals surface area contributed by atoms with Crippen LogP contribution in [0, 0.1) is 13.8 Å². The van der Waals surface area contributed by atoms with Gasteiger partial charge < -0.3 is 5.32 Å². The smallest absolute Gasteiger partial charge is 0.131 e. The van der Waals surface area contributed by atoms with Crippen molar-refractivity contribution in [2.45, 2.75) is 20.3 Å². The molecule has 88 valence electrons. The van der Waals surface area contributed by atoms with Crippen molar-refractivity contribution in [1.29, 1.82) is 0 Å². The topological polar surface area (TPSA) is 24.9 Å². The fourth-order valence-electron chi connectivity index (χ4n) is 1.67. The van der Waals surface area contributed by atoms with Crippen LogP contribution in [-0.2, 0) is 6.42 Å². The Morgan fingerprint density at radius 3 is 2.88 bits per heavy atom. The highest BCUT2D eigenvalue weighted by atomic mass is 32.1. The molecule has 2 aromatic heterocycles. The molecule has 0 aliphatic heterocycles. The van der Waals surface area contributed by atoms with E-state index in [0.29, 0.717) is 0 Å². The van der Waals surface area contributed by atoms with Crippen molar-refractivity contribution in [1.82, 2.24) is 4.98 Å². The summed E-state index contributed by atoms with van der Waals surface area (Å²) < 4.78 is 0. The minimum absolute atomic E-state index is 0.771. The van der Waals surface area contributed by atoms with E-state index in [1.807, 2.05) is 19.1 Å². The van der Waals surface area contributed by atoms with Crippen molar-refractivity contribution in [3.63, 3.8) is 0 Å². The Morgan fingerprint density at radius 2 is 2.24 bits per heavy atom. The molecule has 0 spiro atoms. The van der Waals surface area contributed by atoms with E-state index in [1.54, 1.807) is 11.3 Å². The van der Waals surface area contributed by atoms with Crippen LogP contribution in [0.4, 0.5) is 5.82 Å². The highest BCUT2D eigenvalue weighted by molar-refractivity contribution is 7.80. The third-order valence-electron chi connectivity index (χ3n) is 2.31. The summed E-state index contributed by atoms with van der Waals surface area (Å²) in [5.41, 5.74) is 3.45. The summed E-state index contributed by atoms with van der Waals surface area (Å²) >= 11 is 7.01. The maximum Gasteiger partial charge on any atom is 0.131 e. The molecular weight excluding hydrogens is 248 g/mol. The molecule has 0 fully saturated rings. The number of pyridine rings is 1. The summed E-state index contributed by atoms with van der Waals surface area (Å²) in [6, 6.07) is 6.15. The minimum Gasteiger partial charge on any atom is -0.334 e. The van der Waals surface area contributed by atoms with Gasteiger partial charge in [-0.05, 0) is 53.9 Å². The molecule has 0 aromatic carbocycles. The van der Waals surface area contributed by atoms with Gasteiger partial charge in [-0.3, -0.25) is 0 Å². The molecule has 0 bridgehead atoms. The number of anilines is 1. The highest BCUT2D eigenvalue weighted by Crippen LogP contribution is 2.12. The first kappa shape index (κ1) is 12.2. The number of thiocarbonyl (C=S) groups is 1. The Morgan fingerprint density at radius 1 is 1.41 bits per heavy atom. The lowest BCUT2D eigenvalue weighted by Crippen LogP contribution is -2.13. The quantitative estimate of drug-likeness (QED) is 0.853. The van der Waals surface area contributed by atoms with E-state index in [-0.39, 0.29) is 0 Å². The van der Waals surface area contributed by atoms with E-state index in [2.05, 4.69) is 34.1 Å². The van der Waals surface area contributed by atoms with Crippen LogP contribution < -0.4 is 5.32 Å². The van der Waals surface area contributed by atoms with E-state index < -0.39 is 0 Å². The Labute approximate surface area is 111 Å². The van der Waals surface area contributed by atoms with Crippen LogP contribution >= 0.6 is 23.6 Å². The Bertz CT molecular complexity index is 498. The number of thiophene rings is 1. The first-order chi connectivity index (χ1) is 8.13. The number of aryl methyl sites for hydroxylation is 2. The van der Waals surface area contributed by atoms with Gasteiger partial charge in [-0.25, -0.2) is 4.98 Å². The second-order valence-electron chi connectivity index (χ2n) is 4.03.